The summed E-state index contributed by atoms with van der Waals surface area (Å²) in [4.78, 5) is 11.3. The van der Waals surface area contributed by atoms with Crippen molar-refractivity contribution in [1.29, 1.82) is 0 Å². The van der Waals surface area contributed by atoms with E-state index in [0.29, 0.717) is 5.56 Å². The highest BCUT2D eigenvalue weighted by Gasteiger charge is 2.26. The predicted molar refractivity (Wildman–Crippen MR) is 76.1 cm³/mol. The Bertz CT molecular complexity index is 624. The van der Waals surface area contributed by atoms with E-state index in [0.717, 1.165) is 5.56 Å². The number of rotatable bonds is 3. The lowest BCUT2D eigenvalue weighted by atomic mass is 9.93. The molecule has 0 amide bonds. The third-order valence-electron chi connectivity index (χ3n) is 2.88. The molecule has 0 aromatic heterocycles. The molecule has 0 heterocycles. The molecule has 0 radical (unpaired) electrons. The van der Waals surface area contributed by atoms with Crippen LogP contribution in [-0.4, -0.2) is 22.3 Å². The lowest BCUT2D eigenvalue weighted by Gasteiger charge is -2.14. The Morgan fingerprint density at radius 1 is 0.950 bits per heavy atom. The van der Waals surface area contributed by atoms with Crippen LogP contribution in [0.1, 0.15) is 17.0 Å². The number of hydrogen-bond acceptors (Lipinski definition) is 2. The van der Waals surface area contributed by atoms with E-state index in [1.54, 1.807) is 42.5 Å². The van der Waals surface area contributed by atoms with Crippen LogP contribution in [-0.2, 0) is 4.79 Å². The van der Waals surface area contributed by atoms with Crippen LogP contribution in [0.25, 0.3) is 0 Å². The third kappa shape index (κ3) is 3.47. The first-order chi connectivity index (χ1) is 9.68. The van der Waals surface area contributed by atoms with Crippen LogP contribution in [0.2, 0.25) is 0 Å². The van der Waals surface area contributed by atoms with Crippen molar-refractivity contribution in [2.45, 2.75) is 12.0 Å². The largest absolute Gasteiger partial charge is 0.481 e. The lowest BCUT2D eigenvalue weighted by Crippen LogP contribution is -2.24. The summed E-state index contributed by atoms with van der Waals surface area (Å²) in [6.07, 6.45) is -1.25. The fourth-order valence-corrected chi connectivity index (χ4v) is 1.88. The lowest BCUT2D eigenvalue weighted by molar-refractivity contribution is -0.140. The quantitative estimate of drug-likeness (QED) is 0.838. The number of hydrogen-bond donors (Lipinski definition) is 2. The second kappa shape index (κ2) is 6.55. The number of aliphatic hydroxyl groups is 1. The Hall–Kier alpha value is -2.57. The average molecular weight is 266 g/mol. The van der Waals surface area contributed by atoms with Gasteiger partial charge in [-0.15, -0.1) is 0 Å². The van der Waals surface area contributed by atoms with Crippen molar-refractivity contribution in [3.63, 3.8) is 0 Å². The Balaban J connectivity index is 2.23. The number of aliphatic carboxylic acids is 1. The molecule has 2 N–H and O–H groups in total. The van der Waals surface area contributed by atoms with E-state index in [4.69, 9.17) is 0 Å². The van der Waals surface area contributed by atoms with Gasteiger partial charge >= 0.3 is 5.97 Å². The van der Waals surface area contributed by atoms with Gasteiger partial charge in [-0.25, -0.2) is 0 Å². The molecule has 2 rings (SSSR count). The minimum atomic E-state index is -1.25. The summed E-state index contributed by atoms with van der Waals surface area (Å²) < 4.78 is 0. The molecule has 0 saturated carbocycles. The molecular formula is C17H14O3. The molecule has 20 heavy (non-hydrogen) atoms. The molecule has 3 nitrogen and oxygen atoms in total. The predicted octanol–water partition coefficient (Wildman–Crippen LogP) is 2.27. The SMILES string of the molecule is O=C(O)[C@H](c1ccccc1)[C@H](O)C#Cc1ccccc1. The van der Waals surface area contributed by atoms with Crippen LogP contribution in [0, 0.1) is 11.8 Å². The summed E-state index contributed by atoms with van der Waals surface area (Å²) in [6.45, 7) is 0. The van der Waals surface area contributed by atoms with E-state index in [9.17, 15) is 15.0 Å². The Kier molecular flexibility index (Phi) is 4.54. The monoisotopic (exact) mass is 266 g/mol. The topological polar surface area (TPSA) is 57.5 Å². The summed E-state index contributed by atoms with van der Waals surface area (Å²) in [5, 5.41) is 19.3. The second-order valence-electron chi connectivity index (χ2n) is 4.31. The van der Waals surface area contributed by atoms with Gasteiger partial charge in [0, 0.05) is 5.56 Å². The average Bonchev–Trinajstić information content (AvgIpc) is 2.47. The molecule has 100 valence electrons. The number of carbonyl (C=O) groups is 1. The van der Waals surface area contributed by atoms with Gasteiger partial charge in [0.05, 0.1) is 0 Å². The van der Waals surface area contributed by atoms with Crippen molar-refractivity contribution in [2.75, 3.05) is 0 Å². The zero-order valence-corrected chi connectivity index (χ0v) is 10.7. The fraction of sp³-hybridized carbons (Fsp3) is 0.118. The maximum atomic E-state index is 11.3. The highest BCUT2D eigenvalue weighted by molar-refractivity contribution is 5.77. The smallest absolute Gasteiger partial charge is 0.314 e. The molecule has 0 fully saturated rings. The van der Waals surface area contributed by atoms with E-state index >= 15 is 0 Å². The third-order valence-corrected chi connectivity index (χ3v) is 2.88. The zero-order chi connectivity index (χ0) is 14.4. The normalized spacial score (nSPS) is 12.8. The Labute approximate surface area is 117 Å². The van der Waals surface area contributed by atoms with Gasteiger partial charge in [-0.3, -0.25) is 4.79 Å². The molecular weight excluding hydrogens is 252 g/mol. The summed E-state index contributed by atoms with van der Waals surface area (Å²) in [6, 6.07) is 17.8. The molecule has 2 aromatic carbocycles. The van der Waals surface area contributed by atoms with E-state index in [1.165, 1.54) is 0 Å². The van der Waals surface area contributed by atoms with Crippen molar-refractivity contribution in [3.05, 3.63) is 71.8 Å². The molecule has 0 aliphatic heterocycles. The van der Waals surface area contributed by atoms with Gasteiger partial charge < -0.3 is 10.2 Å². The first kappa shape index (κ1) is 13.9. The molecule has 0 saturated heterocycles. The van der Waals surface area contributed by atoms with Gasteiger partial charge in [0.1, 0.15) is 12.0 Å². The maximum absolute atomic E-state index is 11.3. The molecule has 0 bridgehead atoms. The van der Waals surface area contributed by atoms with Crippen molar-refractivity contribution >= 4 is 5.97 Å². The van der Waals surface area contributed by atoms with Crippen molar-refractivity contribution in [2.24, 2.45) is 0 Å². The van der Waals surface area contributed by atoms with Gasteiger partial charge in [0.15, 0.2) is 0 Å². The van der Waals surface area contributed by atoms with Crippen LogP contribution >= 0.6 is 0 Å². The van der Waals surface area contributed by atoms with Gasteiger partial charge in [-0.05, 0) is 17.7 Å². The zero-order valence-electron chi connectivity index (χ0n) is 10.7. The van der Waals surface area contributed by atoms with Gasteiger partial charge in [0.2, 0.25) is 0 Å². The van der Waals surface area contributed by atoms with Crippen molar-refractivity contribution < 1.29 is 15.0 Å². The first-order valence-electron chi connectivity index (χ1n) is 6.21. The summed E-state index contributed by atoms with van der Waals surface area (Å²) in [5.74, 6) is 3.25. The highest BCUT2D eigenvalue weighted by Crippen LogP contribution is 2.19. The minimum Gasteiger partial charge on any atom is -0.481 e. The number of benzene rings is 2. The van der Waals surface area contributed by atoms with Crippen LogP contribution in [0.3, 0.4) is 0 Å². The first-order valence-corrected chi connectivity index (χ1v) is 6.21. The van der Waals surface area contributed by atoms with E-state index < -0.39 is 18.0 Å². The number of carboxylic acid groups (broad SMARTS) is 1. The van der Waals surface area contributed by atoms with Crippen LogP contribution in [0.4, 0.5) is 0 Å². The fourth-order valence-electron chi connectivity index (χ4n) is 1.88. The Morgan fingerprint density at radius 3 is 2.05 bits per heavy atom. The molecule has 3 heteroatoms. The van der Waals surface area contributed by atoms with Gasteiger partial charge in [0.25, 0.3) is 0 Å². The van der Waals surface area contributed by atoms with Gasteiger partial charge in [-0.1, -0.05) is 60.4 Å². The van der Waals surface area contributed by atoms with Crippen LogP contribution in [0.5, 0.6) is 0 Å². The van der Waals surface area contributed by atoms with E-state index in [-0.39, 0.29) is 0 Å². The molecule has 2 aromatic rings. The van der Waals surface area contributed by atoms with E-state index in [2.05, 4.69) is 11.8 Å². The summed E-state index contributed by atoms with van der Waals surface area (Å²) in [5.41, 5.74) is 1.28. The minimum absolute atomic E-state index is 0.537. The van der Waals surface area contributed by atoms with Crippen LogP contribution < -0.4 is 0 Å². The molecule has 2 atom stereocenters. The summed E-state index contributed by atoms with van der Waals surface area (Å²) >= 11 is 0. The molecule has 0 unspecified atom stereocenters. The standard InChI is InChI=1S/C17H14O3/c18-15(12-11-13-7-3-1-4-8-13)16(17(19)20)14-9-5-2-6-10-14/h1-10,15-16,18H,(H,19,20)/t15-,16-/m1/s1. The molecule has 0 aliphatic rings. The molecule has 0 aliphatic carbocycles. The van der Waals surface area contributed by atoms with E-state index in [1.807, 2.05) is 18.2 Å². The highest BCUT2D eigenvalue weighted by atomic mass is 16.4. The number of carboxylic acids is 1. The van der Waals surface area contributed by atoms with Crippen LogP contribution in [0.15, 0.2) is 60.7 Å². The van der Waals surface area contributed by atoms with Gasteiger partial charge in [-0.2, -0.15) is 0 Å². The van der Waals surface area contributed by atoms with Crippen molar-refractivity contribution in [3.8, 4) is 11.8 Å². The summed E-state index contributed by atoms with van der Waals surface area (Å²) in [7, 11) is 0. The number of aliphatic hydroxyl groups excluding tert-OH is 1. The second-order valence-corrected chi connectivity index (χ2v) is 4.31. The Morgan fingerprint density at radius 2 is 1.50 bits per heavy atom. The van der Waals surface area contributed by atoms with Crippen molar-refractivity contribution in [1.82, 2.24) is 0 Å². The molecule has 0 spiro atoms. The maximum Gasteiger partial charge on any atom is 0.314 e.